The van der Waals surface area contributed by atoms with E-state index in [1.54, 1.807) is 11.3 Å². The number of carbonyl (C=O) groups excluding carboxylic acids is 1. The number of nitrogens with one attached hydrogen (secondary N) is 2. The number of amides is 2. The monoisotopic (exact) mass is 310 g/mol. The Morgan fingerprint density at radius 3 is 2.71 bits per heavy atom. The molecule has 116 valence electrons. The van der Waals surface area contributed by atoms with Crippen LogP contribution in [0.3, 0.4) is 0 Å². The maximum atomic E-state index is 11.8. The number of carboxylic acid groups (broad SMARTS) is 1. The van der Waals surface area contributed by atoms with Crippen LogP contribution in [0.25, 0.3) is 0 Å². The van der Waals surface area contributed by atoms with E-state index in [-0.39, 0.29) is 11.9 Å². The van der Waals surface area contributed by atoms with Crippen LogP contribution in [0.5, 0.6) is 0 Å². The van der Waals surface area contributed by atoms with Crippen molar-refractivity contribution < 1.29 is 14.7 Å². The van der Waals surface area contributed by atoms with Gasteiger partial charge >= 0.3 is 12.0 Å². The van der Waals surface area contributed by atoms with Crippen LogP contribution in [0.2, 0.25) is 0 Å². The second kappa shape index (κ2) is 8.02. The van der Waals surface area contributed by atoms with E-state index in [4.69, 9.17) is 0 Å². The molecule has 1 fully saturated rings. The van der Waals surface area contributed by atoms with Crippen molar-refractivity contribution in [1.29, 1.82) is 0 Å². The number of urea groups is 1. The summed E-state index contributed by atoms with van der Waals surface area (Å²) >= 11 is 1.63. The number of rotatable bonds is 6. The maximum Gasteiger partial charge on any atom is 0.326 e. The molecule has 0 radical (unpaired) electrons. The third-order valence-corrected chi connectivity index (χ3v) is 4.69. The Morgan fingerprint density at radius 2 is 2.10 bits per heavy atom. The van der Waals surface area contributed by atoms with Crippen LogP contribution in [0.4, 0.5) is 4.79 Å². The molecule has 1 unspecified atom stereocenters. The Labute approximate surface area is 128 Å². The molecule has 1 aliphatic carbocycles. The largest absolute Gasteiger partial charge is 0.480 e. The van der Waals surface area contributed by atoms with Crippen LogP contribution in [0, 0.1) is 5.92 Å². The molecule has 21 heavy (non-hydrogen) atoms. The van der Waals surface area contributed by atoms with Crippen molar-refractivity contribution >= 4 is 23.3 Å². The molecule has 1 aromatic rings. The molecule has 0 aliphatic heterocycles. The van der Waals surface area contributed by atoms with Gasteiger partial charge in [-0.2, -0.15) is 11.3 Å². The predicted molar refractivity (Wildman–Crippen MR) is 82.6 cm³/mol. The van der Waals surface area contributed by atoms with Crippen LogP contribution < -0.4 is 10.6 Å². The van der Waals surface area contributed by atoms with Crippen molar-refractivity contribution in [3.05, 3.63) is 22.4 Å². The Morgan fingerprint density at radius 1 is 1.33 bits per heavy atom. The second-order valence-corrected chi connectivity index (χ2v) is 6.28. The number of hydrogen-bond acceptors (Lipinski definition) is 3. The number of thiophene rings is 1. The van der Waals surface area contributed by atoms with Gasteiger partial charge in [-0.1, -0.05) is 19.3 Å². The molecule has 0 aromatic carbocycles. The molecule has 2 amide bonds. The quantitative estimate of drug-likeness (QED) is 0.756. The van der Waals surface area contributed by atoms with Gasteiger partial charge in [0, 0.05) is 6.54 Å². The van der Waals surface area contributed by atoms with Gasteiger partial charge in [0.1, 0.15) is 6.04 Å². The van der Waals surface area contributed by atoms with Crippen molar-refractivity contribution in [2.24, 2.45) is 5.92 Å². The highest BCUT2D eigenvalue weighted by atomic mass is 32.1. The molecular weight excluding hydrogens is 288 g/mol. The number of hydrogen-bond donors (Lipinski definition) is 3. The van der Waals surface area contributed by atoms with Gasteiger partial charge < -0.3 is 15.7 Å². The molecule has 5 nitrogen and oxygen atoms in total. The van der Waals surface area contributed by atoms with Gasteiger partial charge in [-0.3, -0.25) is 0 Å². The standard InChI is InChI=1S/C15H22N2O3S/c18-14(19)13(12-4-2-1-3-5-12)17-15(20)16-8-6-11-7-9-21-10-11/h7,9-10,12-13H,1-6,8H2,(H,18,19)(H2,16,17,20). The third kappa shape index (κ3) is 5.04. The predicted octanol–water partition coefficient (Wildman–Crippen LogP) is 2.62. The highest BCUT2D eigenvalue weighted by molar-refractivity contribution is 7.07. The molecule has 1 saturated carbocycles. The summed E-state index contributed by atoms with van der Waals surface area (Å²) in [5.41, 5.74) is 1.18. The third-order valence-electron chi connectivity index (χ3n) is 3.95. The first-order valence-corrected chi connectivity index (χ1v) is 8.39. The normalized spacial score (nSPS) is 17.1. The van der Waals surface area contributed by atoms with Crippen LogP contribution in [-0.4, -0.2) is 29.7 Å². The van der Waals surface area contributed by atoms with E-state index in [1.807, 2.05) is 16.8 Å². The fourth-order valence-electron chi connectivity index (χ4n) is 2.80. The first-order valence-electron chi connectivity index (χ1n) is 7.45. The van der Waals surface area contributed by atoms with Gasteiger partial charge in [-0.15, -0.1) is 0 Å². The van der Waals surface area contributed by atoms with Gasteiger partial charge in [0.15, 0.2) is 0 Å². The van der Waals surface area contributed by atoms with E-state index >= 15 is 0 Å². The summed E-state index contributed by atoms with van der Waals surface area (Å²) < 4.78 is 0. The van der Waals surface area contributed by atoms with Crippen LogP contribution in [0.15, 0.2) is 16.8 Å². The van der Waals surface area contributed by atoms with Crippen molar-refractivity contribution in [2.75, 3.05) is 6.54 Å². The smallest absolute Gasteiger partial charge is 0.326 e. The number of aliphatic carboxylic acids is 1. The van der Waals surface area contributed by atoms with Gasteiger partial charge in [0.25, 0.3) is 0 Å². The van der Waals surface area contributed by atoms with Crippen molar-refractivity contribution in [1.82, 2.24) is 10.6 Å². The minimum absolute atomic E-state index is 0.0545. The lowest BCUT2D eigenvalue weighted by atomic mass is 9.84. The molecule has 1 aliphatic rings. The lowest BCUT2D eigenvalue weighted by Crippen LogP contribution is -2.50. The summed E-state index contributed by atoms with van der Waals surface area (Å²) in [6.07, 6.45) is 5.79. The average molecular weight is 310 g/mol. The van der Waals surface area contributed by atoms with E-state index < -0.39 is 12.0 Å². The first kappa shape index (κ1) is 15.8. The molecule has 6 heteroatoms. The Kier molecular flexibility index (Phi) is 6.04. The highest BCUT2D eigenvalue weighted by Gasteiger charge is 2.30. The summed E-state index contributed by atoms with van der Waals surface area (Å²) in [6, 6.07) is 0.862. The van der Waals surface area contributed by atoms with Crippen LogP contribution in [0.1, 0.15) is 37.7 Å². The van der Waals surface area contributed by atoms with E-state index in [0.29, 0.717) is 6.54 Å². The number of carboxylic acids is 1. The van der Waals surface area contributed by atoms with E-state index in [9.17, 15) is 14.7 Å². The first-order chi connectivity index (χ1) is 10.2. The van der Waals surface area contributed by atoms with E-state index in [0.717, 1.165) is 38.5 Å². The maximum absolute atomic E-state index is 11.8. The SMILES string of the molecule is O=C(NCCc1ccsc1)NC(C(=O)O)C1CCCCC1. The molecule has 0 bridgehead atoms. The molecule has 2 rings (SSSR count). The minimum atomic E-state index is -0.935. The Balaban J connectivity index is 1.76. The highest BCUT2D eigenvalue weighted by Crippen LogP contribution is 2.26. The summed E-state index contributed by atoms with van der Waals surface area (Å²) in [5, 5.41) is 18.7. The zero-order chi connectivity index (χ0) is 15.1. The fraction of sp³-hybridized carbons (Fsp3) is 0.600. The van der Waals surface area contributed by atoms with Crippen LogP contribution in [-0.2, 0) is 11.2 Å². The van der Waals surface area contributed by atoms with E-state index in [1.165, 1.54) is 5.56 Å². The van der Waals surface area contributed by atoms with Crippen molar-refractivity contribution in [2.45, 2.75) is 44.6 Å². The summed E-state index contributed by atoms with van der Waals surface area (Å²) in [6.45, 7) is 0.513. The summed E-state index contributed by atoms with van der Waals surface area (Å²) in [7, 11) is 0. The summed E-state index contributed by atoms with van der Waals surface area (Å²) in [5.74, 6) is -0.881. The molecule has 1 aromatic heterocycles. The lowest BCUT2D eigenvalue weighted by Gasteiger charge is -2.28. The van der Waals surface area contributed by atoms with Gasteiger partial charge in [-0.05, 0) is 47.6 Å². The van der Waals surface area contributed by atoms with Crippen LogP contribution >= 0.6 is 11.3 Å². The zero-order valence-electron chi connectivity index (χ0n) is 12.0. The molecule has 3 N–H and O–H groups in total. The molecule has 0 saturated heterocycles. The second-order valence-electron chi connectivity index (χ2n) is 5.50. The zero-order valence-corrected chi connectivity index (χ0v) is 12.8. The van der Waals surface area contributed by atoms with Gasteiger partial charge in [-0.25, -0.2) is 9.59 Å². The topological polar surface area (TPSA) is 78.4 Å². The van der Waals surface area contributed by atoms with Crippen molar-refractivity contribution in [3.63, 3.8) is 0 Å². The van der Waals surface area contributed by atoms with Crippen molar-refractivity contribution in [3.8, 4) is 0 Å². The van der Waals surface area contributed by atoms with E-state index in [2.05, 4.69) is 10.6 Å². The minimum Gasteiger partial charge on any atom is -0.480 e. The molecule has 1 heterocycles. The molecule has 1 atom stereocenters. The van der Waals surface area contributed by atoms with Gasteiger partial charge in [0.05, 0.1) is 0 Å². The Hall–Kier alpha value is -1.56. The average Bonchev–Trinajstić information content (AvgIpc) is 2.98. The summed E-state index contributed by atoms with van der Waals surface area (Å²) in [4.78, 5) is 23.2. The Bertz CT molecular complexity index is 455. The molecule has 0 spiro atoms. The van der Waals surface area contributed by atoms with Gasteiger partial charge in [0.2, 0.25) is 0 Å². The molecular formula is C15H22N2O3S. The lowest BCUT2D eigenvalue weighted by molar-refractivity contribution is -0.141. The fourth-order valence-corrected chi connectivity index (χ4v) is 3.50. The number of carbonyl (C=O) groups is 2.